The van der Waals surface area contributed by atoms with Crippen LogP contribution in [-0.4, -0.2) is 19.2 Å². The summed E-state index contributed by atoms with van der Waals surface area (Å²) >= 11 is 0. The first-order valence-electron chi connectivity index (χ1n) is 6.95. The standard InChI is InChI=1S/C17H20N2O2/c1-13-8-9-14(2)16(12-13)19-17(20)18-10-11-21-15-6-4-3-5-7-15/h3-9,12H,10-11H2,1-2H3,(H2,18,19,20). The van der Waals surface area contributed by atoms with Gasteiger partial charge in [0.05, 0.1) is 6.54 Å². The molecule has 0 saturated heterocycles. The first-order valence-corrected chi connectivity index (χ1v) is 6.95. The zero-order chi connectivity index (χ0) is 15.1. The van der Waals surface area contributed by atoms with Crippen LogP contribution in [0.4, 0.5) is 10.5 Å². The number of anilines is 1. The number of para-hydroxylation sites is 1. The van der Waals surface area contributed by atoms with Gasteiger partial charge in [0.25, 0.3) is 0 Å². The molecule has 0 aliphatic rings. The Labute approximate surface area is 125 Å². The highest BCUT2D eigenvalue weighted by atomic mass is 16.5. The molecule has 2 amide bonds. The van der Waals surface area contributed by atoms with Crippen LogP contribution in [0.5, 0.6) is 5.75 Å². The van der Waals surface area contributed by atoms with Crippen LogP contribution in [0.3, 0.4) is 0 Å². The molecule has 0 aromatic heterocycles. The summed E-state index contributed by atoms with van der Waals surface area (Å²) in [5, 5.41) is 5.62. The van der Waals surface area contributed by atoms with Crippen LogP contribution in [0, 0.1) is 13.8 Å². The molecule has 2 N–H and O–H groups in total. The number of carbonyl (C=O) groups is 1. The first kappa shape index (κ1) is 14.9. The summed E-state index contributed by atoms with van der Waals surface area (Å²) in [6.07, 6.45) is 0. The predicted molar refractivity (Wildman–Crippen MR) is 84.9 cm³/mol. The van der Waals surface area contributed by atoms with Gasteiger partial charge in [0, 0.05) is 5.69 Å². The second-order valence-electron chi connectivity index (χ2n) is 4.86. The van der Waals surface area contributed by atoms with Crippen LogP contribution in [0.1, 0.15) is 11.1 Å². The summed E-state index contributed by atoms with van der Waals surface area (Å²) in [7, 11) is 0. The molecule has 0 unspecified atom stereocenters. The summed E-state index contributed by atoms with van der Waals surface area (Å²) in [5.41, 5.74) is 2.98. The van der Waals surface area contributed by atoms with E-state index in [1.165, 1.54) is 0 Å². The van der Waals surface area contributed by atoms with Crippen molar-refractivity contribution in [2.45, 2.75) is 13.8 Å². The van der Waals surface area contributed by atoms with Gasteiger partial charge in [0.1, 0.15) is 12.4 Å². The Morgan fingerprint density at radius 1 is 1.10 bits per heavy atom. The average Bonchev–Trinajstić information content (AvgIpc) is 2.48. The average molecular weight is 284 g/mol. The maximum absolute atomic E-state index is 11.8. The van der Waals surface area contributed by atoms with Gasteiger partial charge in [0.15, 0.2) is 0 Å². The van der Waals surface area contributed by atoms with Gasteiger partial charge in [-0.3, -0.25) is 0 Å². The van der Waals surface area contributed by atoms with Gasteiger partial charge in [0.2, 0.25) is 0 Å². The Morgan fingerprint density at radius 3 is 2.62 bits per heavy atom. The number of aryl methyl sites for hydroxylation is 2. The highest BCUT2D eigenvalue weighted by Gasteiger charge is 2.04. The molecule has 2 aromatic carbocycles. The lowest BCUT2D eigenvalue weighted by Gasteiger charge is -2.11. The molecule has 0 bridgehead atoms. The van der Waals surface area contributed by atoms with Gasteiger partial charge in [-0.25, -0.2) is 4.79 Å². The van der Waals surface area contributed by atoms with Crippen LogP contribution >= 0.6 is 0 Å². The van der Waals surface area contributed by atoms with Gasteiger partial charge < -0.3 is 15.4 Å². The van der Waals surface area contributed by atoms with E-state index in [2.05, 4.69) is 10.6 Å². The Bertz CT molecular complexity index is 597. The van der Waals surface area contributed by atoms with Crippen LogP contribution in [0.15, 0.2) is 48.5 Å². The van der Waals surface area contributed by atoms with Gasteiger partial charge in [-0.05, 0) is 43.2 Å². The summed E-state index contributed by atoms with van der Waals surface area (Å²) < 4.78 is 5.51. The second kappa shape index (κ2) is 7.33. The highest BCUT2D eigenvalue weighted by Crippen LogP contribution is 2.15. The smallest absolute Gasteiger partial charge is 0.319 e. The molecule has 0 fully saturated rings. The van der Waals surface area contributed by atoms with Crippen molar-refractivity contribution < 1.29 is 9.53 Å². The van der Waals surface area contributed by atoms with E-state index in [0.29, 0.717) is 13.2 Å². The van der Waals surface area contributed by atoms with E-state index in [0.717, 1.165) is 22.6 Å². The molecular formula is C17H20N2O2. The lowest BCUT2D eigenvalue weighted by Crippen LogP contribution is -2.32. The van der Waals surface area contributed by atoms with Crippen LogP contribution in [0.2, 0.25) is 0 Å². The minimum Gasteiger partial charge on any atom is -0.492 e. The molecule has 21 heavy (non-hydrogen) atoms. The van der Waals surface area contributed by atoms with E-state index in [1.54, 1.807) is 0 Å². The third-order valence-electron chi connectivity index (χ3n) is 3.04. The van der Waals surface area contributed by atoms with Crippen LogP contribution in [0.25, 0.3) is 0 Å². The fourth-order valence-corrected chi connectivity index (χ4v) is 1.89. The number of ether oxygens (including phenoxy) is 1. The maximum atomic E-state index is 11.8. The van der Waals surface area contributed by atoms with Crippen molar-refractivity contribution in [3.8, 4) is 5.75 Å². The van der Waals surface area contributed by atoms with E-state index in [1.807, 2.05) is 62.4 Å². The molecule has 2 rings (SSSR count). The lowest BCUT2D eigenvalue weighted by molar-refractivity contribution is 0.247. The van der Waals surface area contributed by atoms with Crippen LogP contribution in [-0.2, 0) is 0 Å². The largest absolute Gasteiger partial charge is 0.492 e. The van der Waals surface area contributed by atoms with Crippen molar-refractivity contribution in [2.75, 3.05) is 18.5 Å². The molecule has 0 saturated carbocycles. The normalized spacial score (nSPS) is 10.0. The number of hydrogen-bond donors (Lipinski definition) is 2. The maximum Gasteiger partial charge on any atom is 0.319 e. The topological polar surface area (TPSA) is 50.4 Å². The zero-order valence-corrected chi connectivity index (χ0v) is 12.3. The molecule has 0 aliphatic heterocycles. The number of benzene rings is 2. The van der Waals surface area contributed by atoms with Crippen molar-refractivity contribution >= 4 is 11.7 Å². The minimum atomic E-state index is -0.222. The summed E-state index contributed by atoms with van der Waals surface area (Å²) in [5.74, 6) is 0.800. The number of carbonyl (C=O) groups excluding carboxylic acids is 1. The van der Waals surface area contributed by atoms with Gasteiger partial charge in [-0.15, -0.1) is 0 Å². The molecular weight excluding hydrogens is 264 g/mol. The van der Waals surface area contributed by atoms with E-state index in [4.69, 9.17) is 4.74 Å². The number of amides is 2. The molecule has 110 valence electrons. The Morgan fingerprint density at radius 2 is 1.86 bits per heavy atom. The molecule has 0 aliphatic carbocycles. The third kappa shape index (κ3) is 4.84. The van der Waals surface area contributed by atoms with Crippen molar-refractivity contribution in [3.05, 3.63) is 59.7 Å². The molecule has 2 aromatic rings. The van der Waals surface area contributed by atoms with Gasteiger partial charge in [-0.1, -0.05) is 30.3 Å². The number of hydrogen-bond acceptors (Lipinski definition) is 2. The van der Waals surface area contributed by atoms with E-state index >= 15 is 0 Å². The monoisotopic (exact) mass is 284 g/mol. The zero-order valence-electron chi connectivity index (χ0n) is 12.3. The Balaban J connectivity index is 1.74. The number of nitrogens with one attached hydrogen (secondary N) is 2. The van der Waals surface area contributed by atoms with E-state index in [9.17, 15) is 4.79 Å². The van der Waals surface area contributed by atoms with Crippen molar-refractivity contribution in [1.82, 2.24) is 5.32 Å². The van der Waals surface area contributed by atoms with Crippen molar-refractivity contribution in [1.29, 1.82) is 0 Å². The first-order chi connectivity index (χ1) is 10.1. The highest BCUT2D eigenvalue weighted by molar-refractivity contribution is 5.90. The second-order valence-corrected chi connectivity index (χ2v) is 4.86. The van der Waals surface area contributed by atoms with E-state index < -0.39 is 0 Å². The van der Waals surface area contributed by atoms with E-state index in [-0.39, 0.29) is 6.03 Å². The molecule has 0 spiro atoms. The van der Waals surface area contributed by atoms with Crippen LogP contribution < -0.4 is 15.4 Å². The molecule has 0 heterocycles. The third-order valence-corrected chi connectivity index (χ3v) is 3.04. The minimum absolute atomic E-state index is 0.222. The fourth-order valence-electron chi connectivity index (χ4n) is 1.89. The number of urea groups is 1. The summed E-state index contributed by atoms with van der Waals surface area (Å²) in [4.78, 5) is 11.8. The van der Waals surface area contributed by atoms with Gasteiger partial charge in [-0.2, -0.15) is 0 Å². The predicted octanol–water partition coefficient (Wildman–Crippen LogP) is 3.50. The molecule has 4 heteroatoms. The Hall–Kier alpha value is -2.49. The van der Waals surface area contributed by atoms with Crippen molar-refractivity contribution in [3.63, 3.8) is 0 Å². The summed E-state index contributed by atoms with van der Waals surface area (Å²) in [6, 6.07) is 15.3. The molecule has 4 nitrogen and oxygen atoms in total. The summed E-state index contributed by atoms with van der Waals surface area (Å²) in [6.45, 7) is 4.85. The molecule has 0 atom stereocenters. The molecule has 0 radical (unpaired) electrons. The fraction of sp³-hybridized carbons (Fsp3) is 0.235. The van der Waals surface area contributed by atoms with Gasteiger partial charge >= 0.3 is 6.03 Å². The quantitative estimate of drug-likeness (QED) is 0.826. The number of rotatable bonds is 5. The SMILES string of the molecule is Cc1ccc(C)c(NC(=O)NCCOc2ccccc2)c1. The van der Waals surface area contributed by atoms with Crippen molar-refractivity contribution in [2.24, 2.45) is 0 Å². The lowest BCUT2D eigenvalue weighted by atomic mass is 10.1. The Kier molecular flexibility index (Phi) is 5.21.